The van der Waals surface area contributed by atoms with Gasteiger partial charge < -0.3 is 0 Å². The second kappa shape index (κ2) is 4.18. The number of hydrogen-bond donors (Lipinski definition) is 0. The minimum absolute atomic E-state index is 0.00819. The summed E-state index contributed by atoms with van der Waals surface area (Å²) in [4.78, 5) is 1.47. The molecule has 0 radical (unpaired) electrons. The van der Waals surface area contributed by atoms with Crippen LogP contribution in [0, 0.1) is 0 Å². The smallest absolute Gasteiger partial charge is 0.167 e. The van der Waals surface area contributed by atoms with E-state index in [4.69, 9.17) is 0 Å². The molecule has 0 aliphatic rings. The van der Waals surface area contributed by atoms with E-state index in [1.54, 1.807) is 7.05 Å². The minimum atomic E-state index is 0.00819. The molecular formula is C8H18N4. The van der Waals surface area contributed by atoms with Crippen LogP contribution in [-0.2, 0) is 12.5 Å². The summed E-state index contributed by atoms with van der Waals surface area (Å²) in [6, 6.07) is 0. The van der Waals surface area contributed by atoms with Gasteiger partial charge in [-0.05, 0) is 5.21 Å². The van der Waals surface area contributed by atoms with Gasteiger partial charge in [0.2, 0.25) is 0 Å². The zero-order chi connectivity index (χ0) is 9.78. The van der Waals surface area contributed by atoms with Crippen molar-refractivity contribution >= 4 is 0 Å². The third kappa shape index (κ3) is 2.98. The SMILES string of the molecule is CC.Cn1nnc(C(C)(C)C)n1. The maximum atomic E-state index is 4.08. The molecule has 0 N–H and O–H groups in total. The number of nitrogens with zero attached hydrogens (tertiary/aromatic N) is 4. The largest absolute Gasteiger partial charge is 0.180 e. The second-order valence-electron chi connectivity index (χ2n) is 3.35. The van der Waals surface area contributed by atoms with Crippen LogP contribution in [0.5, 0.6) is 0 Å². The van der Waals surface area contributed by atoms with Gasteiger partial charge in [-0.3, -0.25) is 0 Å². The highest BCUT2D eigenvalue weighted by Gasteiger charge is 2.18. The Morgan fingerprint density at radius 1 is 1.17 bits per heavy atom. The van der Waals surface area contributed by atoms with Gasteiger partial charge in [0.05, 0.1) is 7.05 Å². The molecule has 0 aliphatic carbocycles. The van der Waals surface area contributed by atoms with Crippen molar-refractivity contribution in [3.05, 3.63) is 5.82 Å². The van der Waals surface area contributed by atoms with Gasteiger partial charge in [0.15, 0.2) is 5.82 Å². The molecule has 4 nitrogen and oxygen atoms in total. The summed E-state index contributed by atoms with van der Waals surface area (Å²) in [6.45, 7) is 10.2. The Hall–Kier alpha value is -0.930. The first kappa shape index (κ1) is 11.1. The van der Waals surface area contributed by atoms with E-state index >= 15 is 0 Å². The standard InChI is InChI=1S/C6H12N4.C2H6/c1-6(2,3)5-7-9-10(4)8-5;1-2/h1-4H3;1-2H3. The quantitative estimate of drug-likeness (QED) is 0.593. The van der Waals surface area contributed by atoms with Crippen LogP contribution in [0.15, 0.2) is 0 Å². The van der Waals surface area contributed by atoms with Crippen LogP contribution in [0.25, 0.3) is 0 Å². The normalized spacial score (nSPS) is 10.5. The average molecular weight is 170 g/mol. The molecule has 0 unspecified atom stereocenters. The van der Waals surface area contributed by atoms with Crippen LogP contribution < -0.4 is 0 Å². The molecule has 0 fully saturated rings. The molecule has 4 heteroatoms. The lowest BCUT2D eigenvalue weighted by molar-refractivity contribution is 0.538. The van der Waals surface area contributed by atoms with E-state index in [1.807, 2.05) is 13.8 Å². The van der Waals surface area contributed by atoms with Gasteiger partial charge in [-0.15, -0.1) is 10.2 Å². The zero-order valence-corrected chi connectivity index (χ0v) is 8.79. The molecule has 0 aliphatic heterocycles. The lowest BCUT2D eigenvalue weighted by Gasteiger charge is -2.10. The Kier molecular flexibility index (Phi) is 3.86. The molecule has 0 saturated carbocycles. The van der Waals surface area contributed by atoms with Gasteiger partial charge in [0.1, 0.15) is 0 Å². The fourth-order valence-corrected chi connectivity index (χ4v) is 0.584. The highest BCUT2D eigenvalue weighted by Crippen LogP contribution is 2.15. The van der Waals surface area contributed by atoms with Crippen molar-refractivity contribution in [2.45, 2.75) is 40.0 Å². The Morgan fingerprint density at radius 3 is 1.83 bits per heavy atom. The molecule has 1 aromatic heterocycles. The van der Waals surface area contributed by atoms with Crippen molar-refractivity contribution < 1.29 is 0 Å². The molecule has 1 heterocycles. The second-order valence-corrected chi connectivity index (χ2v) is 3.35. The maximum Gasteiger partial charge on any atom is 0.180 e. The predicted molar refractivity (Wildman–Crippen MR) is 48.8 cm³/mol. The van der Waals surface area contributed by atoms with Crippen molar-refractivity contribution in [1.82, 2.24) is 20.2 Å². The first-order chi connectivity index (χ1) is 5.50. The minimum Gasteiger partial charge on any atom is -0.167 e. The van der Waals surface area contributed by atoms with Gasteiger partial charge in [-0.25, -0.2) is 0 Å². The molecule has 0 bridgehead atoms. The van der Waals surface area contributed by atoms with Crippen LogP contribution in [-0.4, -0.2) is 20.2 Å². The van der Waals surface area contributed by atoms with E-state index in [9.17, 15) is 0 Å². The number of hydrogen-bond acceptors (Lipinski definition) is 3. The molecular weight excluding hydrogens is 152 g/mol. The molecule has 0 atom stereocenters. The van der Waals surface area contributed by atoms with Crippen LogP contribution in [0.3, 0.4) is 0 Å². The third-order valence-corrected chi connectivity index (χ3v) is 1.18. The number of rotatable bonds is 0. The molecule has 70 valence electrons. The van der Waals surface area contributed by atoms with Crippen LogP contribution in [0.4, 0.5) is 0 Å². The van der Waals surface area contributed by atoms with Crippen LogP contribution in [0.1, 0.15) is 40.4 Å². The number of tetrazole rings is 1. The summed E-state index contributed by atoms with van der Waals surface area (Å²) < 4.78 is 0. The van der Waals surface area contributed by atoms with Crippen LogP contribution >= 0.6 is 0 Å². The number of aromatic nitrogens is 4. The van der Waals surface area contributed by atoms with E-state index in [2.05, 4.69) is 36.2 Å². The number of aryl methyl sites for hydroxylation is 1. The molecule has 0 saturated heterocycles. The summed E-state index contributed by atoms with van der Waals surface area (Å²) in [5.41, 5.74) is 0.00819. The lowest BCUT2D eigenvalue weighted by Crippen LogP contribution is -2.13. The maximum absolute atomic E-state index is 4.08. The fraction of sp³-hybridized carbons (Fsp3) is 0.875. The first-order valence-corrected chi connectivity index (χ1v) is 4.24. The van der Waals surface area contributed by atoms with E-state index in [0.29, 0.717) is 0 Å². The van der Waals surface area contributed by atoms with Gasteiger partial charge in [-0.1, -0.05) is 34.6 Å². The van der Waals surface area contributed by atoms with Gasteiger partial charge in [-0.2, -0.15) is 4.80 Å². The molecule has 0 amide bonds. The Labute approximate surface area is 74.0 Å². The Morgan fingerprint density at radius 2 is 1.67 bits per heavy atom. The Balaban J connectivity index is 0.000000561. The molecule has 0 spiro atoms. The topological polar surface area (TPSA) is 43.6 Å². The summed E-state index contributed by atoms with van der Waals surface area (Å²) >= 11 is 0. The van der Waals surface area contributed by atoms with E-state index in [0.717, 1.165) is 5.82 Å². The van der Waals surface area contributed by atoms with Crippen molar-refractivity contribution in [3.8, 4) is 0 Å². The summed E-state index contributed by atoms with van der Waals surface area (Å²) in [5, 5.41) is 11.7. The van der Waals surface area contributed by atoms with Crippen LogP contribution in [0.2, 0.25) is 0 Å². The van der Waals surface area contributed by atoms with E-state index in [1.165, 1.54) is 4.80 Å². The van der Waals surface area contributed by atoms with E-state index in [-0.39, 0.29) is 5.41 Å². The monoisotopic (exact) mass is 170 g/mol. The van der Waals surface area contributed by atoms with Gasteiger partial charge >= 0.3 is 0 Å². The first-order valence-electron chi connectivity index (χ1n) is 4.24. The fourth-order valence-electron chi connectivity index (χ4n) is 0.584. The van der Waals surface area contributed by atoms with E-state index < -0.39 is 0 Å². The predicted octanol–water partition coefficient (Wildman–Crippen LogP) is 1.53. The van der Waals surface area contributed by atoms with Gasteiger partial charge in [0, 0.05) is 5.41 Å². The van der Waals surface area contributed by atoms with Crippen molar-refractivity contribution in [1.29, 1.82) is 0 Å². The molecule has 1 rings (SSSR count). The molecule has 12 heavy (non-hydrogen) atoms. The molecule has 0 aromatic carbocycles. The molecule has 1 aromatic rings. The zero-order valence-electron chi connectivity index (χ0n) is 8.79. The summed E-state index contributed by atoms with van der Waals surface area (Å²) in [6.07, 6.45) is 0. The highest BCUT2D eigenvalue weighted by molar-refractivity contribution is 4.95. The van der Waals surface area contributed by atoms with Gasteiger partial charge in [0.25, 0.3) is 0 Å². The van der Waals surface area contributed by atoms with Crippen molar-refractivity contribution in [2.75, 3.05) is 0 Å². The summed E-state index contributed by atoms with van der Waals surface area (Å²) in [7, 11) is 1.77. The average Bonchev–Trinajstić information content (AvgIpc) is 2.39. The summed E-state index contributed by atoms with van der Waals surface area (Å²) in [5.74, 6) is 0.787. The van der Waals surface area contributed by atoms with Crippen molar-refractivity contribution in [2.24, 2.45) is 7.05 Å². The highest BCUT2D eigenvalue weighted by atomic mass is 15.6. The lowest BCUT2D eigenvalue weighted by atomic mass is 9.96. The Bertz CT molecular complexity index is 221. The van der Waals surface area contributed by atoms with Crippen molar-refractivity contribution in [3.63, 3.8) is 0 Å². The third-order valence-electron chi connectivity index (χ3n) is 1.18.